The van der Waals surface area contributed by atoms with Crippen molar-refractivity contribution in [3.8, 4) is 0 Å². The molecule has 1 N–H and O–H groups in total. The van der Waals surface area contributed by atoms with Gasteiger partial charge in [0.15, 0.2) is 0 Å². The van der Waals surface area contributed by atoms with Crippen molar-refractivity contribution in [3.05, 3.63) is 50.7 Å². The summed E-state index contributed by atoms with van der Waals surface area (Å²) in [6, 6.07) is 5.68. The molecule has 1 aromatic heterocycles. The Morgan fingerprint density at radius 1 is 1.10 bits per heavy atom. The van der Waals surface area contributed by atoms with Gasteiger partial charge in [-0.15, -0.1) is 11.3 Å². The van der Waals surface area contributed by atoms with Crippen molar-refractivity contribution in [1.29, 1.82) is 0 Å². The predicted octanol–water partition coefficient (Wildman–Crippen LogP) is 4.02. The van der Waals surface area contributed by atoms with Crippen LogP contribution in [0.4, 0.5) is 0 Å². The van der Waals surface area contributed by atoms with E-state index in [1.165, 1.54) is 0 Å². The molecule has 0 bridgehead atoms. The Labute approximate surface area is 131 Å². The van der Waals surface area contributed by atoms with Crippen molar-refractivity contribution in [3.63, 3.8) is 0 Å². The minimum Gasteiger partial charge on any atom is -0.207 e. The summed E-state index contributed by atoms with van der Waals surface area (Å²) in [4.78, 5) is 1.43. The molecule has 114 valence electrons. The van der Waals surface area contributed by atoms with E-state index in [4.69, 9.17) is 0 Å². The molecule has 0 aliphatic rings. The number of sulfonamides is 1. The van der Waals surface area contributed by atoms with Crippen LogP contribution in [-0.4, -0.2) is 8.42 Å². The molecule has 0 fully saturated rings. The molecule has 0 saturated heterocycles. The quantitative estimate of drug-likeness (QED) is 0.923. The number of thiophene rings is 1. The summed E-state index contributed by atoms with van der Waals surface area (Å²) < 4.78 is 28.3. The summed E-state index contributed by atoms with van der Waals surface area (Å²) in [6.45, 7) is 9.50. The Morgan fingerprint density at radius 3 is 2.14 bits per heavy atom. The Kier molecular flexibility index (Phi) is 4.56. The molecule has 0 amide bonds. The van der Waals surface area contributed by atoms with Gasteiger partial charge in [-0.05, 0) is 68.3 Å². The molecule has 5 heteroatoms. The highest BCUT2D eigenvalue weighted by Crippen LogP contribution is 2.28. The highest BCUT2D eigenvalue weighted by atomic mass is 32.2. The first-order chi connectivity index (χ1) is 9.74. The normalized spacial score (nSPS) is 13.4. The maximum Gasteiger partial charge on any atom is 0.241 e. The average molecular weight is 323 g/mol. The zero-order valence-corrected chi connectivity index (χ0v) is 14.7. The van der Waals surface area contributed by atoms with Crippen LogP contribution in [0.3, 0.4) is 0 Å². The molecule has 0 unspecified atom stereocenters. The Balaban J connectivity index is 2.46. The summed E-state index contributed by atoms with van der Waals surface area (Å²) in [5.41, 5.74) is 3.65. The zero-order valence-electron chi connectivity index (χ0n) is 13.0. The molecule has 1 heterocycles. The minimum absolute atomic E-state index is 0.227. The van der Waals surface area contributed by atoms with Gasteiger partial charge in [-0.1, -0.05) is 12.1 Å². The van der Waals surface area contributed by atoms with Gasteiger partial charge in [0.1, 0.15) is 0 Å². The molecule has 21 heavy (non-hydrogen) atoms. The van der Waals surface area contributed by atoms with Crippen molar-refractivity contribution >= 4 is 21.4 Å². The third-order valence-electron chi connectivity index (χ3n) is 3.87. The number of rotatable bonds is 4. The number of aryl methyl sites for hydroxylation is 2. The number of nitrogens with one attached hydrogen (secondary N) is 1. The van der Waals surface area contributed by atoms with Crippen LogP contribution in [0.15, 0.2) is 28.5 Å². The second kappa shape index (κ2) is 5.91. The minimum atomic E-state index is -3.54. The maximum atomic E-state index is 12.8. The molecule has 0 aliphatic carbocycles. The fraction of sp³-hybridized carbons (Fsp3) is 0.375. The van der Waals surface area contributed by atoms with E-state index in [-0.39, 0.29) is 6.04 Å². The van der Waals surface area contributed by atoms with Gasteiger partial charge in [0.05, 0.1) is 10.9 Å². The lowest BCUT2D eigenvalue weighted by molar-refractivity contribution is 0.567. The first-order valence-corrected chi connectivity index (χ1v) is 9.23. The van der Waals surface area contributed by atoms with Crippen molar-refractivity contribution in [2.24, 2.45) is 0 Å². The SMILES string of the molecule is Cc1cc(C)c(C)c(S(=O)(=O)N[C@H](C)c2cccs2)c1C. The largest absolute Gasteiger partial charge is 0.241 e. The van der Waals surface area contributed by atoms with Crippen molar-refractivity contribution < 1.29 is 8.42 Å². The van der Waals surface area contributed by atoms with Crippen LogP contribution in [0, 0.1) is 27.7 Å². The van der Waals surface area contributed by atoms with Gasteiger partial charge in [-0.25, -0.2) is 13.1 Å². The van der Waals surface area contributed by atoms with E-state index in [1.54, 1.807) is 11.3 Å². The maximum absolute atomic E-state index is 12.8. The first kappa shape index (κ1) is 16.2. The van der Waals surface area contributed by atoms with E-state index >= 15 is 0 Å². The van der Waals surface area contributed by atoms with E-state index in [9.17, 15) is 8.42 Å². The molecule has 0 radical (unpaired) electrons. The lowest BCUT2D eigenvalue weighted by atomic mass is 10.0. The molecular formula is C16H21NO2S2. The molecular weight excluding hydrogens is 302 g/mol. The van der Waals surface area contributed by atoms with Crippen molar-refractivity contribution in [2.75, 3.05) is 0 Å². The van der Waals surface area contributed by atoms with E-state index < -0.39 is 10.0 Å². The summed E-state index contributed by atoms with van der Waals surface area (Å²) >= 11 is 1.55. The Hall–Kier alpha value is -1.17. The highest BCUT2D eigenvalue weighted by Gasteiger charge is 2.24. The molecule has 1 atom stereocenters. The van der Waals surface area contributed by atoms with Crippen LogP contribution in [0.2, 0.25) is 0 Å². The molecule has 0 aliphatic heterocycles. The molecule has 0 saturated carbocycles. The monoisotopic (exact) mass is 323 g/mol. The molecule has 0 spiro atoms. The van der Waals surface area contributed by atoms with Crippen molar-refractivity contribution in [2.45, 2.75) is 45.6 Å². The first-order valence-electron chi connectivity index (χ1n) is 6.87. The van der Waals surface area contributed by atoms with Gasteiger partial charge in [0.25, 0.3) is 0 Å². The molecule has 2 aromatic rings. The number of hydrogen-bond acceptors (Lipinski definition) is 3. The second-order valence-electron chi connectivity index (χ2n) is 5.45. The Morgan fingerprint density at radius 2 is 1.67 bits per heavy atom. The third kappa shape index (κ3) is 3.20. The smallest absolute Gasteiger partial charge is 0.207 e. The highest BCUT2D eigenvalue weighted by molar-refractivity contribution is 7.89. The van der Waals surface area contributed by atoms with Crippen LogP contribution < -0.4 is 4.72 Å². The topological polar surface area (TPSA) is 46.2 Å². The molecule has 2 rings (SSSR count). The summed E-state index contributed by atoms with van der Waals surface area (Å²) in [5, 5.41) is 1.95. The zero-order chi connectivity index (χ0) is 15.8. The van der Waals surface area contributed by atoms with Gasteiger partial charge in [0, 0.05) is 4.88 Å². The second-order valence-corrected chi connectivity index (χ2v) is 8.08. The van der Waals surface area contributed by atoms with Gasteiger partial charge < -0.3 is 0 Å². The van der Waals surface area contributed by atoms with Gasteiger partial charge >= 0.3 is 0 Å². The lowest BCUT2D eigenvalue weighted by Gasteiger charge is -2.18. The van der Waals surface area contributed by atoms with E-state index in [2.05, 4.69) is 4.72 Å². The third-order valence-corrected chi connectivity index (χ3v) is 6.74. The number of hydrogen-bond donors (Lipinski definition) is 1. The summed E-state index contributed by atoms with van der Waals surface area (Å²) in [5.74, 6) is 0. The van der Waals surface area contributed by atoms with E-state index in [0.717, 1.165) is 27.1 Å². The number of benzene rings is 1. The fourth-order valence-electron chi connectivity index (χ4n) is 2.47. The Bertz CT molecular complexity index is 721. The predicted molar refractivity (Wildman–Crippen MR) is 88.4 cm³/mol. The fourth-order valence-corrected chi connectivity index (χ4v) is 5.12. The standard InChI is InChI=1S/C16H21NO2S2/c1-10-9-11(2)13(4)16(12(10)3)21(18,19)17-14(5)15-7-6-8-20-15/h6-9,14,17H,1-5H3/t14-/m1/s1. The van der Waals surface area contributed by atoms with E-state index in [0.29, 0.717) is 4.90 Å². The van der Waals surface area contributed by atoms with Gasteiger partial charge in [-0.2, -0.15) is 0 Å². The van der Waals surface area contributed by atoms with Crippen LogP contribution in [0.5, 0.6) is 0 Å². The van der Waals surface area contributed by atoms with Crippen LogP contribution in [0.1, 0.15) is 40.1 Å². The summed E-state index contributed by atoms with van der Waals surface area (Å²) in [7, 11) is -3.54. The van der Waals surface area contributed by atoms with Gasteiger partial charge in [0.2, 0.25) is 10.0 Å². The lowest BCUT2D eigenvalue weighted by Crippen LogP contribution is -2.28. The van der Waals surface area contributed by atoms with Gasteiger partial charge in [-0.3, -0.25) is 0 Å². The molecule has 1 aromatic carbocycles. The van der Waals surface area contributed by atoms with Crippen LogP contribution in [0.25, 0.3) is 0 Å². The van der Waals surface area contributed by atoms with E-state index in [1.807, 2.05) is 58.2 Å². The molecule has 3 nitrogen and oxygen atoms in total. The van der Waals surface area contributed by atoms with Crippen LogP contribution in [-0.2, 0) is 10.0 Å². The van der Waals surface area contributed by atoms with Crippen molar-refractivity contribution in [1.82, 2.24) is 4.72 Å². The van der Waals surface area contributed by atoms with Crippen LogP contribution >= 0.6 is 11.3 Å². The average Bonchev–Trinajstić information content (AvgIpc) is 2.89. The summed E-state index contributed by atoms with van der Waals surface area (Å²) in [6.07, 6.45) is 0.